The number of aryl methyl sites for hydroxylation is 1. The quantitative estimate of drug-likeness (QED) is 0.282. The Morgan fingerprint density at radius 3 is 2.86 bits per heavy atom. The summed E-state index contributed by atoms with van der Waals surface area (Å²) >= 11 is 0. The van der Waals surface area contributed by atoms with Gasteiger partial charge in [-0.2, -0.15) is 4.39 Å². The number of carbonyl (C=O) groups is 2. The van der Waals surface area contributed by atoms with E-state index in [-0.39, 0.29) is 18.9 Å². The lowest BCUT2D eigenvalue weighted by molar-refractivity contribution is -0.120. The highest BCUT2D eigenvalue weighted by molar-refractivity contribution is 6.00. The number of aliphatic hydroxyl groups is 1. The molecule has 8 nitrogen and oxygen atoms in total. The molecule has 9 heteroatoms. The summed E-state index contributed by atoms with van der Waals surface area (Å²) in [5.74, 6) is 5.20. The summed E-state index contributed by atoms with van der Waals surface area (Å²) in [5, 5.41) is 22.2. The van der Waals surface area contributed by atoms with Gasteiger partial charge in [0.2, 0.25) is 11.9 Å². The fourth-order valence-corrected chi connectivity index (χ4v) is 3.63. The van der Waals surface area contributed by atoms with Crippen LogP contribution in [0.1, 0.15) is 37.0 Å². The third-order valence-electron chi connectivity index (χ3n) is 5.83. The van der Waals surface area contributed by atoms with Crippen LogP contribution in [-0.2, 0) is 17.6 Å². The Morgan fingerprint density at radius 2 is 2.17 bits per heavy atom. The van der Waals surface area contributed by atoms with E-state index in [0.29, 0.717) is 24.0 Å². The van der Waals surface area contributed by atoms with Gasteiger partial charge in [-0.15, -0.1) is 0 Å². The van der Waals surface area contributed by atoms with Crippen molar-refractivity contribution in [2.45, 2.75) is 39.2 Å². The molecule has 0 saturated heterocycles. The Labute approximate surface area is 210 Å². The van der Waals surface area contributed by atoms with Gasteiger partial charge in [-0.25, -0.2) is 9.78 Å². The number of hydrogen-bond donors (Lipinski definition) is 4. The number of fused-ring (bicyclic) bond motifs is 1. The van der Waals surface area contributed by atoms with Crippen molar-refractivity contribution >= 4 is 23.8 Å². The lowest BCUT2D eigenvalue weighted by Crippen LogP contribution is -2.49. The van der Waals surface area contributed by atoms with Gasteiger partial charge in [0.15, 0.2) is 0 Å². The number of carbonyl (C=O) groups excluding carboxylic acids is 2. The first-order chi connectivity index (χ1) is 17.1. The number of aliphatic hydroxyl groups excluding tert-OH is 1. The van der Waals surface area contributed by atoms with E-state index in [2.05, 4.69) is 27.5 Å². The summed E-state index contributed by atoms with van der Waals surface area (Å²) in [6.07, 6.45) is 4.75. The molecule has 36 heavy (non-hydrogen) atoms. The van der Waals surface area contributed by atoms with E-state index < -0.39 is 23.4 Å². The van der Waals surface area contributed by atoms with E-state index in [1.165, 1.54) is 17.3 Å². The molecule has 2 heterocycles. The van der Waals surface area contributed by atoms with Gasteiger partial charge in [0.05, 0.1) is 6.61 Å². The van der Waals surface area contributed by atoms with Crippen LogP contribution in [0.15, 0.2) is 48.3 Å². The minimum Gasteiger partial charge on any atom is -0.395 e. The van der Waals surface area contributed by atoms with Crippen LogP contribution < -0.4 is 15.5 Å². The molecule has 2 aromatic rings. The van der Waals surface area contributed by atoms with E-state index >= 15 is 0 Å². The first-order valence-electron chi connectivity index (χ1n) is 11.5. The molecule has 3 rings (SSSR count). The summed E-state index contributed by atoms with van der Waals surface area (Å²) in [6.45, 7) is 3.63. The van der Waals surface area contributed by atoms with Crippen LogP contribution in [0.25, 0.3) is 0 Å². The lowest BCUT2D eigenvalue weighted by Gasteiger charge is -2.22. The Bertz CT molecular complexity index is 1250. The normalized spacial score (nSPS) is 15.8. The molecular weight excluding hydrogens is 461 g/mol. The van der Waals surface area contributed by atoms with Crippen LogP contribution >= 0.6 is 0 Å². The predicted molar refractivity (Wildman–Crippen MR) is 136 cm³/mol. The first-order valence-corrected chi connectivity index (χ1v) is 11.5. The number of amides is 3. The smallest absolute Gasteiger partial charge is 0.319 e. The van der Waals surface area contributed by atoms with Gasteiger partial charge < -0.3 is 26.0 Å². The van der Waals surface area contributed by atoms with Gasteiger partial charge in [0.25, 0.3) is 0 Å². The molecule has 0 radical (unpaired) electrons. The SMILES string of the molecule is CN1C(=O)[C@@H](NC(=O)N/C=C(\C=N)Cc2cccnc2F)CCc2ccc(C#CC(C)(C)CO)cc21. The van der Waals surface area contributed by atoms with Crippen molar-refractivity contribution in [3.05, 3.63) is 70.9 Å². The average Bonchev–Trinajstić information content (AvgIpc) is 2.98. The molecule has 0 spiro atoms. The zero-order chi connectivity index (χ0) is 26.3. The van der Waals surface area contributed by atoms with Gasteiger partial charge in [-0.05, 0) is 56.0 Å². The van der Waals surface area contributed by atoms with Gasteiger partial charge >= 0.3 is 6.03 Å². The van der Waals surface area contributed by atoms with Crippen LogP contribution in [0.4, 0.5) is 14.9 Å². The second-order valence-corrected chi connectivity index (χ2v) is 9.24. The van der Waals surface area contributed by atoms with Crippen molar-refractivity contribution in [1.82, 2.24) is 15.6 Å². The minimum absolute atomic E-state index is 0.0599. The molecule has 0 saturated carbocycles. The summed E-state index contributed by atoms with van der Waals surface area (Å²) < 4.78 is 13.8. The number of hydrogen-bond acceptors (Lipinski definition) is 5. The molecule has 1 aromatic heterocycles. The third kappa shape index (κ3) is 6.77. The van der Waals surface area contributed by atoms with Crippen molar-refractivity contribution in [3.63, 3.8) is 0 Å². The molecular formula is C27H30FN5O3. The molecule has 188 valence electrons. The highest BCUT2D eigenvalue weighted by Crippen LogP contribution is 2.27. The second-order valence-electron chi connectivity index (χ2n) is 9.24. The zero-order valence-corrected chi connectivity index (χ0v) is 20.6. The van der Waals surface area contributed by atoms with Crippen molar-refractivity contribution < 1.29 is 19.1 Å². The Kier molecular flexibility index (Phi) is 8.56. The molecule has 0 fully saturated rings. The Hall–Kier alpha value is -4.03. The maximum Gasteiger partial charge on any atom is 0.319 e. The van der Waals surface area contributed by atoms with Crippen molar-refractivity contribution in [3.8, 4) is 11.8 Å². The molecule has 4 N–H and O–H groups in total. The number of likely N-dealkylation sites (N-methyl/N-ethyl adjacent to an activating group) is 1. The van der Waals surface area contributed by atoms with Crippen molar-refractivity contribution in [2.24, 2.45) is 5.41 Å². The molecule has 1 atom stereocenters. The Balaban J connectivity index is 1.67. The molecule has 3 amide bonds. The largest absolute Gasteiger partial charge is 0.395 e. The summed E-state index contributed by atoms with van der Waals surface area (Å²) in [7, 11) is 1.66. The minimum atomic E-state index is -0.752. The highest BCUT2D eigenvalue weighted by atomic mass is 19.1. The van der Waals surface area contributed by atoms with E-state index in [1.54, 1.807) is 19.2 Å². The van der Waals surface area contributed by atoms with E-state index in [0.717, 1.165) is 23.0 Å². The number of urea groups is 1. The second kappa shape index (κ2) is 11.6. The van der Waals surface area contributed by atoms with Gasteiger partial charge in [-0.3, -0.25) is 4.79 Å². The maximum atomic E-state index is 13.8. The standard InChI is InChI=1S/C27H30FN5O3/c1-27(2,17-34)11-10-18-6-7-20-8-9-22(25(35)33(3)23(20)14-18)32-26(36)31-16-19(15-29)13-21-5-4-12-30-24(21)28/h4-7,12,14-16,22,29,34H,8-9,13,17H2,1-3H3,(H2,31,32,36)/b19-16-,29-15?/t22-/m0/s1. The van der Waals surface area contributed by atoms with Crippen LogP contribution in [-0.4, -0.2) is 47.9 Å². The Morgan fingerprint density at radius 1 is 1.39 bits per heavy atom. The van der Waals surface area contributed by atoms with Crippen LogP contribution in [0.5, 0.6) is 0 Å². The van der Waals surface area contributed by atoms with Crippen molar-refractivity contribution in [1.29, 1.82) is 5.41 Å². The third-order valence-corrected chi connectivity index (χ3v) is 5.83. The fraction of sp³-hybridized carbons (Fsp3) is 0.333. The highest BCUT2D eigenvalue weighted by Gasteiger charge is 2.29. The number of pyridine rings is 1. The van der Waals surface area contributed by atoms with Gasteiger partial charge in [0.1, 0.15) is 6.04 Å². The molecule has 1 aromatic carbocycles. The summed E-state index contributed by atoms with van der Waals surface area (Å²) in [4.78, 5) is 30.7. The number of anilines is 1. The number of benzene rings is 1. The van der Waals surface area contributed by atoms with E-state index in [1.807, 2.05) is 32.0 Å². The molecule has 0 unspecified atom stereocenters. The first kappa shape index (κ1) is 26.6. The average molecular weight is 492 g/mol. The fourth-order valence-electron chi connectivity index (χ4n) is 3.63. The molecule has 1 aliphatic rings. The summed E-state index contributed by atoms with van der Waals surface area (Å²) in [6, 6.07) is 7.45. The number of halogens is 1. The number of nitrogens with zero attached hydrogens (tertiary/aromatic N) is 2. The predicted octanol–water partition coefficient (Wildman–Crippen LogP) is 2.94. The van der Waals surface area contributed by atoms with E-state index in [4.69, 9.17) is 5.41 Å². The van der Waals surface area contributed by atoms with E-state index in [9.17, 15) is 19.1 Å². The van der Waals surface area contributed by atoms with Gasteiger partial charge in [-0.1, -0.05) is 24.0 Å². The molecule has 0 bridgehead atoms. The maximum absolute atomic E-state index is 13.8. The topological polar surface area (TPSA) is 118 Å². The van der Waals surface area contributed by atoms with Crippen LogP contribution in [0, 0.1) is 28.6 Å². The number of allylic oxidation sites excluding steroid dienone is 1. The monoisotopic (exact) mass is 491 g/mol. The van der Waals surface area contributed by atoms with Crippen molar-refractivity contribution in [2.75, 3.05) is 18.6 Å². The summed E-state index contributed by atoms with van der Waals surface area (Å²) in [5.41, 5.74) is 2.56. The van der Waals surface area contributed by atoms with Gasteiger partial charge in [0, 0.05) is 54.3 Å². The van der Waals surface area contributed by atoms with Crippen LogP contribution in [0.3, 0.4) is 0 Å². The molecule has 1 aliphatic heterocycles. The zero-order valence-electron chi connectivity index (χ0n) is 20.6. The number of aromatic nitrogens is 1. The van der Waals surface area contributed by atoms with Crippen LogP contribution in [0.2, 0.25) is 0 Å². The number of rotatable bonds is 6. The number of nitrogens with one attached hydrogen (secondary N) is 3. The lowest BCUT2D eigenvalue weighted by atomic mass is 9.95. The molecule has 0 aliphatic carbocycles.